The zero-order valence-corrected chi connectivity index (χ0v) is 15.6. The number of ether oxygens (including phenoxy) is 3. The molecule has 0 aliphatic rings. The van der Waals surface area contributed by atoms with Crippen LogP contribution in [0.4, 0.5) is 0 Å². The number of nitrogens with one attached hydrogen (secondary N) is 2. The molecule has 2 N–H and O–H groups in total. The molecule has 0 fully saturated rings. The zero-order chi connectivity index (χ0) is 18.8. The second-order valence-electron chi connectivity index (χ2n) is 5.19. The fourth-order valence-electron chi connectivity index (χ4n) is 2.19. The fraction of sp³-hybridized carbons (Fsp3) is 0.556. The van der Waals surface area contributed by atoms with Gasteiger partial charge in [-0.3, -0.25) is 9.59 Å². The molecule has 25 heavy (non-hydrogen) atoms. The highest BCUT2D eigenvalue weighted by Crippen LogP contribution is 2.39. The Morgan fingerprint density at radius 3 is 1.92 bits per heavy atom. The minimum Gasteiger partial charge on any atom is -0.490 e. The highest BCUT2D eigenvalue weighted by atomic mass is 16.5. The number of carbonyl (C=O) groups is 2. The van der Waals surface area contributed by atoms with Gasteiger partial charge in [0, 0.05) is 12.1 Å². The van der Waals surface area contributed by atoms with E-state index in [9.17, 15) is 9.59 Å². The van der Waals surface area contributed by atoms with Crippen molar-refractivity contribution in [3.63, 3.8) is 0 Å². The van der Waals surface area contributed by atoms with Crippen LogP contribution >= 0.6 is 0 Å². The van der Waals surface area contributed by atoms with Crippen molar-refractivity contribution in [3.8, 4) is 17.2 Å². The lowest BCUT2D eigenvalue weighted by molar-refractivity contribution is -0.122. The van der Waals surface area contributed by atoms with Gasteiger partial charge in [-0.25, -0.2) is 0 Å². The van der Waals surface area contributed by atoms with Crippen LogP contribution in [0.25, 0.3) is 0 Å². The van der Waals surface area contributed by atoms with Gasteiger partial charge in [0.1, 0.15) is 6.04 Å². The fourth-order valence-corrected chi connectivity index (χ4v) is 2.19. The highest BCUT2D eigenvalue weighted by molar-refractivity contribution is 5.98. The van der Waals surface area contributed by atoms with E-state index in [1.165, 1.54) is 0 Å². The molecule has 0 saturated heterocycles. The number of likely N-dealkylation sites (N-methyl/N-ethyl adjacent to an activating group) is 1. The molecule has 1 atom stereocenters. The molecule has 1 aromatic carbocycles. The van der Waals surface area contributed by atoms with Gasteiger partial charge in [-0.05, 0) is 46.8 Å². The number of hydrogen-bond donors (Lipinski definition) is 2. The Morgan fingerprint density at radius 1 is 0.960 bits per heavy atom. The summed E-state index contributed by atoms with van der Waals surface area (Å²) in [5.41, 5.74) is 0.339. The van der Waals surface area contributed by atoms with E-state index >= 15 is 0 Å². The van der Waals surface area contributed by atoms with Crippen molar-refractivity contribution in [1.29, 1.82) is 0 Å². The van der Waals surface area contributed by atoms with Crippen molar-refractivity contribution >= 4 is 11.8 Å². The first-order chi connectivity index (χ1) is 12.0. The zero-order valence-electron chi connectivity index (χ0n) is 15.6. The van der Waals surface area contributed by atoms with Crippen molar-refractivity contribution in [1.82, 2.24) is 10.6 Å². The maximum absolute atomic E-state index is 12.5. The molecule has 7 heteroatoms. The van der Waals surface area contributed by atoms with Gasteiger partial charge in [0.15, 0.2) is 11.5 Å². The maximum atomic E-state index is 12.5. The van der Waals surface area contributed by atoms with Crippen LogP contribution < -0.4 is 24.8 Å². The summed E-state index contributed by atoms with van der Waals surface area (Å²) >= 11 is 0. The van der Waals surface area contributed by atoms with Gasteiger partial charge in [0.2, 0.25) is 11.7 Å². The van der Waals surface area contributed by atoms with Crippen molar-refractivity contribution < 1.29 is 23.8 Å². The van der Waals surface area contributed by atoms with Gasteiger partial charge >= 0.3 is 0 Å². The molecule has 0 aliphatic heterocycles. The molecule has 0 spiro atoms. The molecule has 0 aromatic heterocycles. The lowest BCUT2D eigenvalue weighted by atomic mass is 10.1. The quantitative estimate of drug-likeness (QED) is 0.674. The number of hydrogen-bond acceptors (Lipinski definition) is 5. The Labute approximate surface area is 149 Å². The predicted octanol–water partition coefficient (Wildman–Crippen LogP) is 2.14. The molecule has 2 amide bonds. The first kappa shape index (κ1) is 20.6. The normalized spacial score (nSPS) is 11.4. The monoisotopic (exact) mass is 352 g/mol. The second kappa shape index (κ2) is 10.4. The number of carbonyl (C=O) groups excluding carboxylic acids is 2. The third-order valence-electron chi connectivity index (χ3n) is 3.26. The van der Waals surface area contributed by atoms with Gasteiger partial charge in [0.25, 0.3) is 5.91 Å². The number of rotatable bonds is 10. The molecular weight excluding hydrogens is 324 g/mol. The van der Waals surface area contributed by atoms with Crippen molar-refractivity contribution in [3.05, 3.63) is 17.7 Å². The molecule has 140 valence electrons. The molecule has 1 rings (SSSR count). The molecule has 7 nitrogen and oxygen atoms in total. The predicted molar refractivity (Wildman–Crippen MR) is 95.6 cm³/mol. The van der Waals surface area contributed by atoms with Crippen LogP contribution in [0.5, 0.6) is 17.2 Å². The third-order valence-corrected chi connectivity index (χ3v) is 3.26. The van der Waals surface area contributed by atoms with Crippen LogP contribution in [0, 0.1) is 0 Å². The molecule has 0 aliphatic carbocycles. The van der Waals surface area contributed by atoms with Crippen molar-refractivity contribution in [2.24, 2.45) is 0 Å². The summed E-state index contributed by atoms with van der Waals surface area (Å²) in [6.45, 7) is 10.8. The van der Waals surface area contributed by atoms with E-state index in [-0.39, 0.29) is 11.8 Å². The lowest BCUT2D eigenvalue weighted by Crippen LogP contribution is -2.44. The molecule has 1 aromatic rings. The summed E-state index contributed by atoms with van der Waals surface area (Å²) in [4.78, 5) is 24.3. The molecule has 0 heterocycles. The summed E-state index contributed by atoms with van der Waals surface area (Å²) in [6.07, 6.45) is 0. The Bertz CT molecular complexity index is 562. The van der Waals surface area contributed by atoms with E-state index in [0.29, 0.717) is 49.2 Å². The average molecular weight is 352 g/mol. The minimum atomic E-state index is -0.648. The SMILES string of the molecule is CCNC(=O)[C@H](C)NC(=O)c1cc(OCC)c(OCC)c(OCC)c1. The molecule has 0 radical (unpaired) electrons. The topological polar surface area (TPSA) is 85.9 Å². The summed E-state index contributed by atoms with van der Waals surface area (Å²) in [6, 6.07) is 2.54. The molecule has 0 saturated carbocycles. The van der Waals surface area contributed by atoms with E-state index in [0.717, 1.165) is 0 Å². The van der Waals surface area contributed by atoms with E-state index < -0.39 is 6.04 Å². The van der Waals surface area contributed by atoms with Crippen LogP contribution in [0.1, 0.15) is 45.0 Å². The first-order valence-electron chi connectivity index (χ1n) is 8.63. The summed E-state index contributed by atoms with van der Waals surface area (Å²) in [5.74, 6) is 0.720. The summed E-state index contributed by atoms with van der Waals surface area (Å²) in [7, 11) is 0. The summed E-state index contributed by atoms with van der Waals surface area (Å²) in [5, 5.41) is 5.34. The Kier molecular flexibility index (Phi) is 8.60. The highest BCUT2D eigenvalue weighted by Gasteiger charge is 2.21. The van der Waals surface area contributed by atoms with Crippen LogP contribution in [-0.2, 0) is 4.79 Å². The third kappa shape index (κ3) is 5.85. The van der Waals surface area contributed by atoms with Gasteiger partial charge in [-0.15, -0.1) is 0 Å². The summed E-state index contributed by atoms with van der Waals surface area (Å²) < 4.78 is 16.8. The van der Waals surface area contributed by atoms with Crippen LogP contribution in [0.15, 0.2) is 12.1 Å². The van der Waals surface area contributed by atoms with E-state index in [1.54, 1.807) is 19.1 Å². The van der Waals surface area contributed by atoms with Gasteiger partial charge < -0.3 is 24.8 Å². The first-order valence-corrected chi connectivity index (χ1v) is 8.63. The largest absolute Gasteiger partial charge is 0.490 e. The smallest absolute Gasteiger partial charge is 0.252 e. The number of amides is 2. The van der Waals surface area contributed by atoms with Crippen LogP contribution in [0.3, 0.4) is 0 Å². The second-order valence-corrected chi connectivity index (χ2v) is 5.19. The van der Waals surface area contributed by atoms with Crippen LogP contribution in [-0.4, -0.2) is 44.2 Å². The average Bonchev–Trinajstić information content (AvgIpc) is 2.58. The standard InChI is InChI=1S/C18H28N2O5/c1-6-19-17(21)12(5)20-18(22)13-10-14(23-7-2)16(25-9-4)15(11-13)24-8-3/h10-12H,6-9H2,1-5H3,(H,19,21)(H,20,22)/t12-/m0/s1. The van der Waals surface area contributed by atoms with Gasteiger partial charge in [0.05, 0.1) is 19.8 Å². The van der Waals surface area contributed by atoms with E-state index in [4.69, 9.17) is 14.2 Å². The Morgan fingerprint density at radius 2 is 1.48 bits per heavy atom. The lowest BCUT2D eigenvalue weighted by Gasteiger charge is -2.18. The molecule has 0 unspecified atom stereocenters. The van der Waals surface area contributed by atoms with Gasteiger partial charge in [-0.2, -0.15) is 0 Å². The Balaban J connectivity index is 3.12. The van der Waals surface area contributed by atoms with E-state index in [2.05, 4.69) is 10.6 Å². The molecule has 0 bridgehead atoms. The minimum absolute atomic E-state index is 0.239. The van der Waals surface area contributed by atoms with Crippen molar-refractivity contribution in [2.45, 2.75) is 40.7 Å². The van der Waals surface area contributed by atoms with Crippen LogP contribution in [0.2, 0.25) is 0 Å². The Hall–Kier alpha value is -2.44. The number of benzene rings is 1. The van der Waals surface area contributed by atoms with E-state index in [1.807, 2.05) is 27.7 Å². The maximum Gasteiger partial charge on any atom is 0.252 e. The molecular formula is C18H28N2O5. The van der Waals surface area contributed by atoms with Gasteiger partial charge in [-0.1, -0.05) is 0 Å². The van der Waals surface area contributed by atoms with Crippen molar-refractivity contribution in [2.75, 3.05) is 26.4 Å².